The van der Waals surface area contributed by atoms with Crippen LogP contribution in [0.5, 0.6) is 0 Å². The van der Waals surface area contributed by atoms with Crippen molar-refractivity contribution in [2.45, 2.75) is 6.92 Å². The highest BCUT2D eigenvalue weighted by Crippen LogP contribution is 2.33. The summed E-state index contributed by atoms with van der Waals surface area (Å²) in [5.74, 6) is -0.108. The largest absolute Gasteiger partial charge is 0.289 e. The van der Waals surface area contributed by atoms with Gasteiger partial charge in [-0.25, -0.2) is 0 Å². The lowest BCUT2D eigenvalue weighted by Crippen LogP contribution is -2.22. The van der Waals surface area contributed by atoms with Gasteiger partial charge in [-0.15, -0.1) is 0 Å². The molecule has 2 heteroatoms. The minimum Gasteiger partial charge on any atom is -0.289 e. The van der Waals surface area contributed by atoms with Gasteiger partial charge in [0.2, 0.25) is 0 Å². The number of hydrogen-bond acceptors (Lipinski definition) is 2. The van der Waals surface area contributed by atoms with Crippen LogP contribution in [0, 0.1) is 6.92 Å². The summed E-state index contributed by atoms with van der Waals surface area (Å²) in [7, 11) is 0. The molecule has 0 radical (unpaired) electrons. The van der Waals surface area contributed by atoms with E-state index in [1.165, 1.54) is 0 Å². The number of ketones is 2. The monoisotopic (exact) mass is 272 g/mol. The van der Waals surface area contributed by atoms with Gasteiger partial charge in [0.05, 0.1) is 0 Å². The molecule has 0 bridgehead atoms. The van der Waals surface area contributed by atoms with Crippen molar-refractivity contribution in [3.63, 3.8) is 0 Å². The van der Waals surface area contributed by atoms with Crippen LogP contribution in [-0.4, -0.2) is 11.6 Å². The fourth-order valence-electron chi connectivity index (χ4n) is 3.13. The molecule has 0 saturated carbocycles. The minimum absolute atomic E-state index is 0.0524. The van der Waals surface area contributed by atoms with E-state index in [4.69, 9.17) is 0 Å². The first kappa shape index (κ1) is 12.0. The van der Waals surface area contributed by atoms with Crippen molar-refractivity contribution in [2.75, 3.05) is 0 Å². The highest BCUT2D eigenvalue weighted by atomic mass is 16.1. The Kier molecular flexibility index (Phi) is 2.36. The third-order valence-corrected chi connectivity index (χ3v) is 4.15. The van der Waals surface area contributed by atoms with E-state index in [2.05, 4.69) is 0 Å². The highest BCUT2D eigenvalue weighted by molar-refractivity contribution is 6.32. The van der Waals surface area contributed by atoms with Gasteiger partial charge in [0.15, 0.2) is 11.6 Å². The molecule has 0 spiro atoms. The summed E-state index contributed by atoms with van der Waals surface area (Å²) in [4.78, 5) is 25.6. The Balaban J connectivity index is 2.14. The molecule has 0 atom stereocenters. The molecule has 0 fully saturated rings. The SMILES string of the molecule is Cc1cccc2c1C(=O)c1ccc3ccccc3c1C2=O. The summed E-state index contributed by atoms with van der Waals surface area (Å²) in [5.41, 5.74) is 2.97. The molecule has 1 aliphatic rings. The zero-order valence-corrected chi connectivity index (χ0v) is 11.5. The van der Waals surface area contributed by atoms with Gasteiger partial charge in [0.1, 0.15) is 0 Å². The molecule has 2 nitrogen and oxygen atoms in total. The average Bonchev–Trinajstić information content (AvgIpc) is 2.51. The molecule has 0 aromatic heterocycles. The van der Waals surface area contributed by atoms with Crippen molar-refractivity contribution < 1.29 is 9.59 Å². The Bertz CT molecular complexity index is 935. The number of rotatable bonds is 0. The lowest BCUT2D eigenvalue weighted by molar-refractivity contribution is 0.0980. The Morgan fingerprint density at radius 1 is 0.667 bits per heavy atom. The number of benzene rings is 3. The third kappa shape index (κ3) is 1.53. The minimum atomic E-state index is -0.0555. The molecule has 21 heavy (non-hydrogen) atoms. The van der Waals surface area contributed by atoms with Crippen LogP contribution in [0.4, 0.5) is 0 Å². The van der Waals surface area contributed by atoms with Crippen LogP contribution in [-0.2, 0) is 0 Å². The maximum Gasteiger partial charge on any atom is 0.195 e. The Hall–Kier alpha value is -2.74. The van der Waals surface area contributed by atoms with Gasteiger partial charge < -0.3 is 0 Å². The fraction of sp³-hybridized carbons (Fsp3) is 0.0526. The molecule has 0 unspecified atom stereocenters. The number of carbonyl (C=O) groups is 2. The van der Waals surface area contributed by atoms with E-state index in [0.717, 1.165) is 16.3 Å². The lowest BCUT2D eigenvalue weighted by Gasteiger charge is -2.20. The maximum absolute atomic E-state index is 12.9. The fourth-order valence-corrected chi connectivity index (χ4v) is 3.13. The van der Waals surface area contributed by atoms with Crippen LogP contribution in [0.2, 0.25) is 0 Å². The molecule has 0 N–H and O–H groups in total. The predicted molar refractivity (Wildman–Crippen MR) is 82.0 cm³/mol. The summed E-state index contributed by atoms with van der Waals surface area (Å²) in [6.07, 6.45) is 0. The summed E-state index contributed by atoms with van der Waals surface area (Å²) in [6, 6.07) is 16.8. The lowest BCUT2D eigenvalue weighted by atomic mass is 9.80. The molecule has 4 rings (SSSR count). The van der Waals surface area contributed by atoms with E-state index < -0.39 is 0 Å². The molecule has 0 amide bonds. The van der Waals surface area contributed by atoms with E-state index in [1.807, 2.05) is 49.4 Å². The zero-order chi connectivity index (χ0) is 14.6. The molecule has 100 valence electrons. The van der Waals surface area contributed by atoms with Crippen molar-refractivity contribution >= 4 is 22.3 Å². The van der Waals surface area contributed by atoms with Crippen LogP contribution < -0.4 is 0 Å². The first-order chi connectivity index (χ1) is 10.2. The van der Waals surface area contributed by atoms with Gasteiger partial charge in [0, 0.05) is 22.3 Å². The van der Waals surface area contributed by atoms with Crippen molar-refractivity contribution in [1.29, 1.82) is 0 Å². The van der Waals surface area contributed by atoms with Gasteiger partial charge in [0.25, 0.3) is 0 Å². The van der Waals surface area contributed by atoms with Gasteiger partial charge in [-0.2, -0.15) is 0 Å². The van der Waals surface area contributed by atoms with Crippen molar-refractivity contribution in [1.82, 2.24) is 0 Å². The standard InChI is InChI=1S/C19H12O2/c1-11-5-4-8-14-16(11)18(20)15-10-9-12-6-2-3-7-13(12)17(15)19(14)21/h2-10H,1H3. The summed E-state index contributed by atoms with van der Waals surface area (Å²) in [6.45, 7) is 1.87. The number of aryl methyl sites for hydroxylation is 1. The van der Waals surface area contributed by atoms with E-state index in [1.54, 1.807) is 12.1 Å². The molecular formula is C19H12O2. The van der Waals surface area contributed by atoms with Crippen LogP contribution in [0.25, 0.3) is 10.8 Å². The molecule has 0 aliphatic heterocycles. The topological polar surface area (TPSA) is 34.1 Å². The smallest absolute Gasteiger partial charge is 0.195 e. The van der Waals surface area contributed by atoms with E-state index in [9.17, 15) is 9.59 Å². The number of hydrogen-bond donors (Lipinski definition) is 0. The molecule has 1 aliphatic carbocycles. The Morgan fingerprint density at radius 2 is 1.38 bits per heavy atom. The Labute approximate surface area is 122 Å². The highest BCUT2D eigenvalue weighted by Gasteiger charge is 2.31. The van der Waals surface area contributed by atoms with Gasteiger partial charge in [-0.3, -0.25) is 9.59 Å². The van der Waals surface area contributed by atoms with E-state index in [0.29, 0.717) is 22.3 Å². The normalized spacial score (nSPS) is 13.2. The summed E-state index contributed by atoms with van der Waals surface area (Å²) < 4.78 is 0. The van der Waals surface area contributed by atoms with Gasteiger partial charge >= 0.3 is 0 Å². The Morgan fingerprint density at radius 3 is 2.24 bits per heavy atom. The number of fused-ring (bicyclic) bond motifs is 4. The van der Waals surface area contributed by atoms with Crippen molar-refractivity contribution in [3.8, 4) is 0 Å². The van der Waals surface area contributed by atoms with E-state index >= 15 is 0 Å². The quantitative estimate of drug-likeness (QED) is 0.486. The zero-order valence-electron chi connectivity index (χ0n) is 11.5. The first-order valence-corrected chi connectivity index (χ1v) is 6.89. The maximum atomic E-state index is 12.9. The van der Waals surface area contributed by atoms with Gasteiger partial charge in [-0.1, -0.05) is 48.5 Å². The number of carbonyl (C=O) groups excluding carboxylic acids is 2. The summed E-state index contributed by atoms with van der Waals surface area (Å²) >= 11 is 0. The predicted octanol–water partition coefficient (Wildman–Crippen LogP) is 3.92. The van der Waals surface area contributed by atoms with Gasteiger partial charge in [-0.05, 0) is 29.3 Å². The van der Waals surface area contributed by atoms with Crippen LogP contribution >= 0.6 is 0 Å². The second-order valence-electron chi connectivity index (χ2n) is 5.36. The molecule has 3 aromatic carbocycles. The molecule has 3 aromatic rings. The van der Waals surface area contributed by atoms with Crippen LogP contribution in [0.15, 0.2) is 54.6 Å². The second kappa shape index (κ2) is 4.13. The van der Waals surface area contributed by atoms with E-state index in [-0.39, 0.29) is 11.6 Å². The van der Waals surface area contributed by atoms with Crippen molar-refractivity contribution in [3.05, 3.63) is 82.4 Å². The molecule has 0 saturated heterocycles. The average molecular weight is 272 g/mol. The molecule has 0 heterocycles. The summed E-state index contributed by atoms with van der Waals surface area (Å²) in [5, 5.41) is 1.83. The van der Waals surface area contributed by atoms with Crippen molar-refractivity contribution in [2.24, 2.45) is 0 Å². The van der Waals surface area contributed by atoms with Crippen LogP contribution in [0.3, 0.4) is 0 Å². The second-order valence-corrected chi connectivity index (χ2v) is 5.36. The van der Waals surface area contributed by atoms with Crippen LogP contribution in [0.1, 0.15) is 37.4 Å². The first-order valence-electron chi connectivity index (χ1n) is 6.89. The third-order valence-electron chi connectivity index (χ3n) is 4.15. The molecular weight excluding hydrogens is 260 g/mol.